The van der Waals surface area contributed by atoms with Gasteiger partial charge < -0.3 is 10.2 Å². The molecule has 1 N–H and O–H groups in total. The number of anilines is 1. The minimum atomic E-state index is 0.126. The molecular formula is C15H24N4S2. The Hall–Kier alpha value is -0.980. The van der Waals surface area contributed by atoms with Crippen molar-refractivity contribution in [3.63, 3.8) is 0 Å². The van der Waals surface area contributed by atoms with Crippen LogP contribution in [0.4, 0.5) is 5.13 Å². The molecule has 0 atom stereocenters. The Morgan fingerprint density at radius 3 is 2.52 bits per heavy atom. The average Bonchev–Trinajstić information content (AvgIpc) is 2.92. The molecule has 0 radical (unpaired) electrons. The molecule has 0 spiro atoms. The number of nitrogens with one attached hydrogen (secondary N) is 1. The zero-order valence-corrected chi connectivity index (χ0v) is 15.3. The van der Waals surface area contributed by atoms with Gasteiger partial charge in [0.2, 0.25) is 0 Å². The molecule has 0 aliphatic carbocycles. The number of hydrogen-bond acceptors (Lipinski definition) is 6. The predicted octanol–water partition coefficient (Wildman–Crippen LogP) is 3.74. The molecule has 0 aromatic carbocycles. The van der Waals surface area contributed by atoms with Gasteiger partial charge in [-0.1, -0.05) is 0 Å². The molecule has 116 valence electrons. The summed E-state index contributed by atoms with van der Waals surface area (Å²) in [6.45, 7) is 12.3. The second kappa shape index (κ2) is 6.42. The molecule has 6 heteroatoms. The van der Waals surface area contributed by atoms with E-state index in [4.69, 9.17) is 4.98 Å². The number of nitrogens with zero attached hydrogens (tertiary/aromatic N) is 3. The fourth-order valence-corrected chi connectivity index (χ4v) is 3.44. The van der Waals surface area contributed by atoms with E-state index < -0.39 is 0 Å². The molecule has 0 fully saturated rings. The molecule has 0 saturated heterocycles. The molecule has 2 aromatic rings. The van der Waals surface area contributed by atoms with Crippen molar-refractivity contribution < 1.29 is 0 Å². The molecule has 0 saturated carbocycles. The normalized spacial score (nSPS) is 11.9. The predicted molar refractivity (Wildman–Crippen MR) is 92.4 cm³/mol. The van der Waals surface area contributed by atoms with Crippen molar-refractivity contribution in [1.82, 2.24) is 15.3 Å². The molecule has 0 aliphatic rings. The minimum Gasteiger partial charge on any atom is -0.345 e. The first-order chi connectivity index (χ1) is 9.74. The number of rotatable bonds is 5. The highest BCUT2D eigenvalue weighted by atomic mass is 32.1. The SMILES string of the molecule is Cc1nc(CN(C)c2nc(C)c(CNC(C)(C)C)s2)cs1. The summed E-state index contributed by atoms with van der Waals surface area (Å²) in [5, 5.41) is 7.82. The number of aryl methyl sites for hydroxylation is 2. The van der Waals surface area contributed by atoms with E-state index in [0.717, 1.165) is 34.6 Å². The highest BCUT2D eigenvalue weighted by molar-refractivity contribution is 7.15. The van der Waals surface area contributed by atoms with Crippen molar-refractivity contribution in [3.05, 3.63) is 26.7 Å². The average molecular weight is 325 g/mol. The van der Waals surface area contributed by atoms with Gasteiger partial charge in [-0.05, 0) is 34.6 Å². The lowest BCUT2D eigenvalue weighted by Crippen LogP contribution is -2.34. The van der Waals surface area contributed by atoms with Crippen LogP contribution in [0.1, 0.15) is 42.0 Å². The smallest absolute Gasteiger partial charge is 0.185 e. The Labute approximate surface area is 135 Å². The third-order valence-corrected chi connectivity index (χ3v) is 5.15. The van der Waals surface area contributed by atoms with Crippen molar-refractivity contribution in [2.45, 2.75) is 53.2 Å². The van der Waals surface area contributed by atoms with Crippen molar-refractivity contribution in [2.24, 2.45) is 0 Å². The molecule has 2 rings (SSSR count). The van der Waals surface area contributed by atoms with E-state index in [9.17, 15) is 0 Å². The standard InChI is InChI=1S/C15H24N4S2/c1-10-13(7-16-15(3,4)5)21-14(17-10)19(6)8-12-9-20-11(2)18-12/h9,16H,7-8H2,1-6H3. The van der Waals surface area contributed by atoms with Gasteiger partial charge in [0.15, 0.2) is 5.13 Å². The van der Waals surface area contributed by atoms with Crippen molar-refractivity contribution in [3.8, 4) is 0 Å². The van der Waals surface area contributed by atoms with Gasteiger partial charge in [0.1, 0.15) is 0 Å². The number of hydrogen-bond donors (Lipinski definition) is 1. The third kappa shape index (κ3) is 4.76. The Kier molecular flexibility index (Phi) is 5.01. The summed E-state index contributed by atoms with van der Waals surface area (Å²) in [7, 11) is 2.08. The Balaban J connectivity index is 2.03. The van der Waals surface area contributed by atoms with E-state index in [2.05, 4.69) is 55.3 Å². The summed E-state index contributed by atoms with van der Waals surface area (Å²) >= 11 is 3.46. The first kappa shape index (κ1) is 16.4. The maximum absolute atomic E-state index is 4.69. The number of aromatic nitrogens is 2. The molecule has 0 amide bonds. The summed E-state index contributed by atoms with van der Waals surface area (Å²) in [5.74, 6) is 0. The molecule has 0 bridgehead atoms. The quantitative estimate of drug-likeness (QED) is 0.909. The van der Waals surface area contributed by atoms with E-state index in [0.29, 0.717) is 0 Å². The van der Waals surface area contributed by atoms with Gasteiger partial charge in [0.05, 0.1) is 22.9 Å². The zero-order chi connectivity index (χ0) is 15.6. The molecule has 0 unspecified atom stereocenters. The first-order valence-electron chi connectivity index (χ1n) is 7.08. The summed E-state index contributed by atoms with van der Waals surface area (Å²) in [4.78, 5) is 12.7. The number of thiazole rings is 2. The fraction of sp³-hybridized carbons (Fsp3) is 0.600. The van der Waals surface area contributed by atoms with Crippen molar-refractivity contribution >= 4 is 27.8 Å². The van der Waals surface area contributed by atoms with Gasteiger partial charge in [-0.15, -0.1) is 22.7 Å². The monoisotopic (exact) mass is 324 g/mol. The summed E-state index contributed by atoms with van der Waals surface area (Å²) in [6.07, 6.45) is 0. The van der Waals surface area contributed by atoms with Gasteiger partial charge in [0.25, 0.3) is 0 Å². The zero-order valence-electron chi connectivity index (χ0n) is 13.6. The topological polar surface area (TPSA) is 41.1 Å². The van der Waals surface area contributed by atoms with Crippen LogP contribution in [0.5, 0.6) is 0 Å². The Morgan fingerprint density at radius 2 is 1.95 bits per heavy atom. The van der Waals surface area contributed by atoms with Crippen LogP contribution in [0, 0.1) is 13.8 Å². The summed E-state index contributed by atoms with van der Waals surface area (Å²) < 4.78 is 0. The maximum atomic E-state index is 4.69. The van der Waals surface area contributed by atoms with Crippen LogP contribution in [0.15, 0.2) is 5.38 Å². The highest BCUT2D eigenvalue weighted by Crippen LogP contribution is 2.26. The first-order valence-corrected chi connectivity index (χ1v) is 8.78. The van der Waals surface area contributed by atoms with Gasteiger partial charge in [-0.25, -0.2) is 9.97 Å². The minimum absolute atomic E-state index is 0.126. The van der Waals surface area contributed by atoms with Gasteiger partial charge >= 0.3 is 0 Å². The molecule has 4 nitrogen and oxygen atoms in total. The second-order valence-corrected chi connectivity index (χ2v) is 8.45. The largest absolute Gasteiger partial charge is 0.345 e. The van der Waals surface area contributed by atoms with Crippen LogP contribution in [0.3, 0.4) is 0 Å². The lowest BCUT2D eigenvalue weighted by atomic mass is 10.1. The van der Waals surface area contributed by atoms with Crippen LogP contribution in [0.25, 0.3) is 0 Å². The third-order valence-electron chi connectivity index (χ3n) is 3.05. The van der Waals surface area contributed by atoms with Gasteiger partial charge in [0, 0.05) is 29.4 Å². The lowest BCUT2D eigenvalue weighted by Gasteiger charge is -2.20. The lowest BCUT2D eigenvalue weighted by molar-refractivity contribution is 0.425. The molecule has 21 heavy (non-hydrogen) atoms. The Morgan fingerprint density at radius 1 is 1.24 bits per heavy atom. The second-order valence-electron chi connectivity index (χ2n) is 6.32. The Bertz CT molecular complexity index is 595. The molecule has 2 aromatic heterocycles. The van der Waals surface area contributed by atoms with E-state index in [-0.39, 0.29) is 5.54 Å². The van der Waals surface area contributed by atoms with Crippen LogP contribution in [-0.4, -0.2) is 22.6 Å². The van der Waals surface area contributed by atoms with Crippen LogP contribution < -0.4 is 10.2 Å². The van der Waals surface area contributed by atoms with E-state index in [1.165, 1.54) is 4.88 Å². The highest BCUT2D eigenvalue weighted by Gasteiger charge is 2.15. The van der Waals surface area contributed by atoms with Crippen LogP contribution in [0.2, 0.25) is 0 Å². The fourth-order valence-electron chi connectivity index (χ4n) is 1.88. The van der Waals surface area contributed by atoms with Crippen molar-refractivity contribution in [2.75, 3.05) is 11.9 Å². The molecule has 2 heterocycles. The summed E-state index contributed by atoms with van der Waals surface area (Å²) in [6, 6.07) is 0. The van der Waals surface area contributed by atoms with E-state index >= 15 is 0 Å². The maximum Gasteiger partial charge on any atom is 0.185 e. The van der Waals surface area contributed by atoms with Gasteiger partial charge in [-0.2, -0.15) is 0 Å². The summed E-state index contributed by atoms with van der Waals surface area (Å²) in [5.41, 5.74) is 2.36. The van der Waals surface area contributed by atoms with E-state index in [1.54, 1.807) is 22.7 Å². The molecule has 0 aliphatic heterocycles. The van der Waals surface area contributed by atoms with Crippen LogP contribution in [-0.2, 0) is 13.1 Å². The molecular weight excluding hydrogens is 300 g/mol. The van der Waals surface area contributed by atoms with E-state index in [1.807, 2.05) is 6.92 Å². The van der Waals surface area contributed by atoms with Gasteiger partial charge in [-0.3, -0.25) is 0 Å². The van der Waals surface area contributed by atoms with Crippen molar-refractivity contribution in [1.29, 1.82) is 0 Å². The van der Waals surface area contributed by atoms with Crippen LogP contribution >= 0.6 is 22.7 Å².